The quantitative estimate of drug-likeness (QED) is 0.626. The Labute approximate surface area is 169 Å². The van der Waals surface area contributed by atoms with Crippen LogP contribution < -0.4 is 9.80 Å². The molecule has 2 aromatic rings. The molecule has 0 spiro atoms. The number of hydrogen-bond donors (Lipinski definition) is 3. The van der Waals surface area contributed by atoms with Crippen molar-refractivity contribution >= 4 is 34.5 Å². The van der Waals surface area contributed by atoms with E-state index in [4.69, 9.17) is 11.6 Å². The Bertz CT molecular complexity index is 850. The van der Waals surface area contributed by atoms with Crippen LogP contribution in [0.1, 0.15) is 50.8 Å². The molecule has 0 radical (unpaired) electrons. The molecule has 1 aliphatic heterocycles. The largest absolute Gasteiger partial charge is 0.355 e. The number of thiophene rings is 1. The van der Waals surface area contributed by atoms with Crippen LogP contribution in [-0.4, -0.2) is 48.8 Å². The van der Waals surface area contributed by atoms with E-state index in [1.807, 2.05) is 26.8 Å². The first kappa shape index (κ1) is 20.3. The van der Waals surface area contributed by atoms with Crippen molar-refractivity contribution in [1.82, 2.24) is 4.98 Å². The molecule has 2 aromatic heterocycles. The molecule has 0 bridgehead atoms. The Balaban J connectivity index is 1.62. The van der Waals surface area contributed by atoms with Crippen LogP contribution in [0.5, 0.6) is 0 Å². The van der Waals surface area contributed by atoms with E-state index in [9.17, 15) is 9.59 Å². The molecule has 7 heteroatoms. The molecular weight excluding hydrogens is 382 g/mol. The molecule has 0 unspecified atom stereocenters. The number of H-pyrrole nitrogens is 1. The highest BCUT2D eigenvalue weighted by molar-refractivity contribution is 7.16. The van der Waals surface area contributed by atoms with Gasteiger partial charge in [-0.3, -0.25) is 9.59 Å². The van der Waals surface area contributed by atoms with Crippen LogP contribution in [0, 0.1) is 13.8 Å². The van der Waals surface area contributed by atoms with Crippen LogP contribution >= 0.6 is 22.9 Å². The smallest absolute Gasteiger partial charge is 0.235 e. The van der Waals surface area contributed by atoms with Crippen molar-refractivity contribution in [2.75, 3.05) is 26.2 Å². The minimum Gasteiger partial charge on any atom is -0.355 e. The van der Waals surface area contributed by atoms with Gasteiger partial charge in [-0.1, -0.05) is 11.6 Å². The first-order chi connectivity index (χ1) is 12.8. The van der Waals surface area contributed by atoms with Crippen molar-refractivity contribution in [3.8, 4) is 0 Å². The lowest BCUT2D eigenvalue weighted by Crippen LogP contribution is -3.29. The van der Waals surface area contributed by atoms with E-state index in [1.165, 1.54) is 9.78 Å². The number of Topliss-reactive ketones (excluding diaryl/α,β-unsaturated/α-hetero) is 2. The molecule has 1 atom stereocenters. The number of hydrogen-bond acceptors (Lipinski definition) is 3. The fourth-order valence-electron chi connectivity index (χ4n) is 4.15. The minimum absolute atomic E-state index is 0.00574. The standard InChI is InChI=1S/C20H26ClN3O2S/c1-12-18(15(4)25)13(2)22-19(12)20(26)14(3)24-9-7-23(8-10-24)11-16-5-6-17(21)27-16/h5-6,14,22H,7-11H2,1-4H3/p+2/t14-/m0/s1. The summed E-state index contributed by atoms with van der Waals surface area (Å²) in [6, 6.07) is 3.95. The summed E-state index contributed by atoms with van der Waals surface area (Å²) < 4.78 is 0.842. The number of aromatic nitrogens is 1. The maximum atomic E-state index is 13.0. The molecule has 27 heavy (non-hydrogen) atoms. The van der Waals surface area contributed by atoms with E-state index >= 15 is 0 Å². The molecule has 1 saturated heterocycles. The van der Waals surface area contributed by atoms with E-state index in [1.54, 1.807) is 23.2 Å². The summed E-state index contributed by atoms with van der Waals surface area (Å²) in [5.74, 6) is 0.109. The van der Waals surface area contributed by atoms with Gasteiger partial charge < -0.3 is 14.8 Å². The Morgan fingerprint density at radius 3 is 2.41 bits per heavy atom. The first-order valence-corrected chi connectivity index (χ1v) is 10.6. The summed E-state index contributed by atoms with van der Waals surface area (Å²) in [7, 11) is 0. The van der Waals surface area contributed by atoms with Gasteiger partial charge in [-0.25, -0.2) is 0 Å². The Morgan fingerprint density at radius 1 is 1.22 bits per heavy atom. The predicted molar refractivity (Wildman–Crippen MR) is 108 cm³/mol. The maximum absolute atomic E-state index is 13.0. The predicted octanol–water partition coefficient (Wildman–Crippen LogP) is 1.10. The molecule has 3 heterocycles. The highest BCUT2D eigenvalue weighted by atomic mass is 35.5. The zero-order chi connectivity index (χ0) is 19.7. The van der Waals surface area contributed by atoms with Gasteiger partial charge in [0.25, 0.3) is 0 Å². The van der Waals surface area contributed by atoms with Crippen LogP contribution in [0.2, 0.25) is 4.34 Å². The molecule has 146 valence electrons. The lowest BCUT2D eigenvalue weighted by Gasteiger charge is -2.32. The van der Waals surface area contributed by atoms with Crippen LogP contribution in [0.3, 0.4) is 0 Å². The van der Waals surface area contributed by atoms with Gasteiger partial charge >= 0.3 is 0 Å². The minimum atomic E-state index is -0.112. The summed E-state index contributed by atoms with van der Waals surface area (Å²) in [5, 5.41) is 0. The molecule has 1 aliphatic rings. The Kier molecular flexibility index (Phi) is 6.21. The summed E-state index contributed by atoms with van der Waals surface area (Å²) in [6.45, 7) is 12.3. The summed E-state index contributed by atoms with van der Waals surface area (Å²) in [5.41, 5.74) is 2.83. The number of rotatable bonds is 6. The molecular formula is C20H28ClN3O2S+2. The number of nitrogens with one attached hydrogen (secondary N) is 3. The van der Waals surface area contributed by atoms with E-state index in [2.05, 4.69) is 11.1 Å². The highest BCUT2D eigenvalue weighted by Crippen LogP contribution is 2.21. The van der Waals surface area contributed by atoms with E-state index < -0.39 is 0 Å². The zero-order valence-corrected chi connectivity index (χ0v) is 17.9. The third kappa shape index (κ3) is 4.35. The number of carbonyl (C=O) groups is 2. The van der Waals surface area contributed by atoms with E-state index in [-0.39, 0.29) is 17.6 Å². The Hall–Kier alpha value is -1.47. The molecule has 0 aliphatic carbocycles. The number of halogens is 1. The van der Waals surface area contributed by atoms with Gasteiger partial charge in [0, 0.05) is 11.3 Å². The number of aromatic amines is 1. The molecule has 3 N–H and O–H groups in total. The van der Waals surface area contributed by atoms with Crippen LogP contribution in [0.4, 0.5) is 0 Å². The number of carbonyl (C=O) groups excluding carboxylic acids is 2. The number of ketones is 2. The molecule has 0 saturated carbocycles. The molecule has 0 amide bonds. The summed E-state index contributed by atoms with van der Waals surface area (Å²) in [4.78, 5) is 32.2. The highest BCUT2D eigenvalue weighted by Gasteiger charge is 2.33. The maximum Gasteiger partial charge on any atom is 0.235 e. The van der Waals surface area contributed by atoms with Crippen molar-refractivity contribution in [3.05, 3.63) is 43.9 Å². The molecule has 1 fully saturated rings. The van der Waals surface area contributed by atoms with Crippen LogP contribution in [0.25, 0.3) is 0 Å². The normalized spacial score (nSPS) is 21.2. The summed E-state index contributed by atoms with van der Waals surface area (Å²) >= 11 is 7.67. The topological polar surface area (TPSA) is 58.8 Å². The van der Waals surface area contributed by atoms with Gasteiger partial charge in [-0.15, -0.1) is 11.3 Å². The molecule has 3 rings (SSSR count). The zero-order valence-electron chi connectivity index (χ0n) is 16.4. The fraction of sp³-hybridized carbons (Fsp3) is 0.500. The second-order valence-electron chi connectivity index (χ2n) is 7.56. The van der Waals surface area contributed by atoms with Crippen LogP contribution in [0.15, 0.2) is 12.1 Å². The van der Waals surface area contributed by atoms with E-state index in [0.717, 1.165) is 48.3 Å². The number of aryl methyl sites for hydroxylation is 1. The van der Waals surface area contributed by atoms with Gasteiger partial charge in [0.2, 0.25) is 5.78 Å². The number of quaternary nitrogens is 2. The van der Waals surface area contributed by atoms with Gasteiger partial charge in [0.15, 0.2) is 11.8 Å². The summed E-state index contributed by atoms with van der Waals surface area (Å²) in [6.07, 6.45) is 0. The lowest BCUT2D eigenvalue weighted by molar-refractivity contribution is -1.02. The van der Waals surface area contributed by atoms with Crippen molar-refractivity contribution in [2.45, 2.75) is 40.3 Å². The third-order valence-electron chi connectivity index (χ3n) is 5.69. The monoisotopic (exact) mass is 409 g/mol. The van der Waals surface area contributed by atoms with Crippen molar-refractivity contribution in [3.63, 3.8) is 0 Å². The second-order valence-corrected chi connectivity index (χ2v) is 9.36. The van der Waals surface area contributed by atoms with Crippen LogP contribution in [-0.2, 0) is 6.54 Å². The van der Waals surface area contributed by atoms with Crippen molar-refractivity contribution in [2.24, 2.45) is 0 Å². The van der Waals surface area contributed by atoms with Gasteiger partial charge in [-0.05, 0) is 45.4 Å². The molecule has 5 nitrogen and oxygen atoms in total. The van der Waals surface area contributed by atoms with Gasteiger partial charge in [-0.2, -0.15) is 0 Å². The lowest BCUT2D eigenvalue weighted by atomic mass is 10.0. The number of piperazine rings is 1. The van der Waals surface area contributed by atoms with Crippen molar-refractivity contribution in [1.29, 1.82) is 0 Å². The molecule has 0 aromatic carbocycles. The Morgan fingerprint density at radius 2 is 1.89 bits per heavy atom. The SMILES string of the molecule is CC(=O)c1c(C)[nH]c(C(=O)[C@H](C)[NH+]2CC[NH+](Cc3ccc(Cl)s3)CC2)c1C. The second kappa shape index (κ2) is 8.27. The third-order valence-corrected chi connectivity index (χ3v) is 6.93. The van der Waals surface area contributed by atoms with Gasteiger partial charge in [0.1, 0.15) is 32.7 Å². The van der Waals surface area contributed by atoms with Crippen molar-refractivity contribution < 1.29 is 19.4 Å². The van der Waals surface area contributed by atoms with E-state index in [0.29, 0.717) is 11.3 Å². The van der Waals surface area contributed by atoms with Gasteiger partial charge in [0.05, 0.1) is 14.9 Å². The first-order valence-electron chi connectivity index (χ1n) is 9.44. The average Bonchev–Trinajstić information content (AvgIpc) is 3.16. The fourth-order valence-corrected chi connectivity index (χ4v) is 5.31. The average molecular weight is 410 g/mol.